The molecule has 1 aliphatic rings. The number of rotatable bonds is 7. The van der Waals surface area contributed by atoms with Crippen molar-refractivity contribution in [3.05, 3.63) is 41.5 Å². The lowest BCUT2D eigenvalue weighted by atomic mass is 10.1. The molecule has 1 fully saturated rings. The number of aromatic nitrogens is 2. The van der Waals surface area contributed by atoms with Crippen LogP contribution in [0.1, 0.15) is 49.1 Å². The molecule has 6 N–H and O–H groups in total. The number of amides is 2. The van der Waals surface area contributed by atoms with E-state index in [4.69, 9.17) is 10.3 Å². The number of phenols is 1. The average molecular weight is 419 g/mol. The summed E-state index contributed by atoms with van der Waals surface area (Å²) in [5.41, 5.74) is 6.62. The summed E-state index contributed by atoms with van der Waals surface area (Å²) in [4.78, 5) is 29.7. The molecule has 1 aliphatic heterocycles. The van der Waals surface area contributed by atoms with Crippen LogP contribution in [0.4, 0.5) is 4.79 Å². The maximum absolute atomic E-state index is 12.8. The van der Waals surface area contributed by atoms with Gasteiger partial charge in [-0.3, -0.25) is 0 Å². The molecule has 11 heteroatoms. The normalized spacial score (nSPS) is 19.3. The minimum absolute atomic E-state index is 0.0774. The van der Waals surface area contributed by atoms with Crippen LogP contribution in [0.3, 0.4) is 0 Å². The van der Waals surface area contributed by atoms with E-state index >= 15 is 0 Å². The molecule has 30 heavy (non-hydrogen) atoms. The quantitative estimate of drug-likeness (QED) is 0.432. The third-order valence-corrected chi connectivity index (χ3v) is 5.05. The first-order valence-corrected chi connectivity index (χ1v) is 9.61. The third kappa shape index (κ3) is 4.86. The lowest BCUT2D eigenvalue weighted by Gasteiger charge is -2.24. The van der Waals surface area contributed by atoms with E-state index in [1.54, 1.807) is 12.1 Å². The highest BCUT2D eigenvalue weighted by molar-refractivity contribution is 5.83. The zero-order valence-corrected chi connectivity index (χ0v) is 16.4. The fourth-order valence-electron chi connectivity index (χ4n) is 3.31. The Morgan fingerprint density at radius 1 is 1.37 bits per heavy atom. The maximum Gasteiger partial charge on any atom is 0.326 e. The zero-order valence-electron chi connectivity index (χ0n) is 16.4. The Kier molecular flexibility index (Phi) is 6.53. The highest BCUT2D eigenvalue weighted by Crippen LogP contribution is 2.23. The molecule has 1 aromatic carbocycles. The van der Waals surface area contributed by atoms with Gasteiger partial charge in [0.15, 0.2) is 5.82 Å². The Morgan fingerprint density at radius 3 is 2.70 bits per heavy atom. The number of phenolic OH excluding ortho intramolecular Hbond substituents is 1. The van der Waals surface area contributed by atoms with Crippen molar-refractivity contribution < 1.29 is 29.4 Å². The summed E-state index contributed by atoms with van der Waals surface area (Å²) in [5, 5.41) is 35.0. The van der Waals surface area contributed by atoms with E-state index in [0.29, 0.717) is 19.4 Å². The van der Waals surface area contributed by atoms with Crippen molar-refractivity contribution in [3.8, 4) is 5.75 Å². The van der Waals surface area contributed by atoms with E-state index in [9.17, 15) is 24.9 Å². The van der Waals surface area contributed by atoms with Gasteiger partial charge in [-0.25, -0.2) is 9.59 Å². The highest BCUT2D eigenvalue weighted by Gasteiger charge is 2.35. The Morgan fingerprint density at radius 2 is 2.07 bits per heavy atom. The number of hydrogen-bond donors (Lipinski definition) is 5. The number of carbonyl (C=O) groups excluding carboxylic acids is 1. The topological polar surface area (TPSA) is 175 Å². The van der Waals surface area contributed by atoms with Gasteiger partial charge in [-0.2, -0.15) is 4.98 Å². The van der Waals surface area contributed by atoms with Crippen molar-refractivity contribution in [2.24, 2.45) is 5.73 Å². The van der Waals surface area contributed by atoms with Crippen LogP contribution in [0.5, 0.6) is 5.75 Å². The van der Waals surface area contributed by atoms with E-state index in [2.05, 4.69) is 15.5 Å². The van der Waals surface area contributed by atoms with Crippen molar-refractivity contribution in [1.82, 2.24) is 20.4 Å². The van der Waals surface area contributed by atoms with Gasteiger partial charge in [-0.1, -0.05) is 17.3 Å². The van der Waals surface area contributed by atoms with E-state index < -0.39 is 36.2 Å². The van der Waals surface area contributed by atoms with Gasteiger partial charge in [0.1, 0.15) is 17.8 Å². The molecule has 162 valence electrons. The molecule has 0 saturated carbocycles. The van der Waals surface area contributed by atoms with E-state index in [-0.39, 0.29) is 23.9 Å². The molecule has 2 unspecified atom stereocenters. The summed E-state index contributed by atoms with van der Waals surface area (Å²) < 4.78 is 5.28. The lowest BCUT2D eigenvalue weighted by Crippen LogP contribution is -2.47. The van der Waals surface area contributed by atoms with Crippen molar-refractivity contribution in [1.29, 1.82) is 0 Å². The number of urea groups is 1. The number of carboxylic acids is 1. The van der Waals surface area contributed by atoms with Gasteiger partial charge in [0.05, 0.1) is 12.1 Å². The van der Waals surface area contributed by atoms with Crippen molar-refractivity contribution >= 4 is 12.0 Å². The lowest BCUT2D eigenvalue weighted by molar-refractivity contribution is -0.141. The van der Waals surface area contributed by atoms with Crippen LogP contribution in [-0.2, 0) is 11.2 Å². The third-order valence-electron chi connectivity index (χ3n) is 5.05. The molecular formula is C19H25N5O6. The molecule has 11 nitrogen and oxygen atoms in total. The molecule has 2 aromatic rings. The van der Waals surface area contributed by atoms with Gasteiger partial charge in [0.25, 0.3) is 0 Å². The fourth-order valence-corrected chi connectivity index (χ4v) is 3.31. The number of carbonyl (C=O) groups is 2. The van der Waals surface area contributed by atoms with E-state index in [1.807, 2.05) is 0 Å². The van der Waals surface area contributed by atoms with Crippen LogP contribution in [0.2, 0.25) is 0 Å². The van der Waals surface area contributed by atoms with Crippen LogP contribution in [0, 0.1) is 0 Å². The monoisotopic (exact) mass is 419 g/mol. The number of aliphatic hydroxyl groups is 1. The number of hydrogen-bond acceptors (Lipinski definition) is 8. The SMILES string of the molecule is CC(O)C(N)c1noc([C@H](Cc2ccc(O)cc2)NC(=O)N2CCC[C@H]2C(=O)O)n1. The van der Waals surface area contributed by atoms with Crippen LogP contribution in [-0.4, -0.2) is 61.1 Å². The molecule has 0 aliphatic carbocycles. The number of nitrogens with zero attached hydrogens (tertiary/aromatic N) is 3. The number of aliphatic carboxylic acids is 1. The first-order chi connectivity index (χ1) is 14.3. The molecule has 1 saturated heterocycles. The van der Waals surface area contributed by atoms with E-state index in [0.717, 1.165) is 5.56 Å². The number of nitrogens with one attached hydrogen (secondary N) is 1. The van der Waals surface area contributed by atoms with Gasteiger partial charge in [0, 0.05) is 13.0 Å². The van der Waals surface area contributed by atoms with Gasteiger partial charge >= 0.3 is 12.0 Å². The van der Waals surface area contributed by atoms with Crippen molar-refractivity contribution in [2.45, 2.75) is 50.4 Å². The molecule has 2 amide bonds. The second-order valence-corrected chi connectivity index (χ2v) is 7.32. The number of carboxylic acid groups (broad SMARTS) is 1. The van der Waals surface area contributed by atoms with Gasteiger partial charge in [-0.05, 0) is 37.5 Å². The standard InChI is InChI=1S/C19H25N5O6/c1-10(25)15(20)16-22-17(30-23-16)13(9-11-4-6-12(26)7-5-11)21-19(29)24-8-2-3-14(24)18(27)28/h4-7,10,13-15,25-26H,2-3,8-9,20H2,1H3,(H,21,29)(H,27,28)/t10?,13-,14-,15?/m0/s1. The number of benzene rings is 1. The van der Waals surface area contributed by atoms with Crippen molar-refractivity contribution in [2.75, 3.05) is 6.54 Å². The minimum Gasteiger partial charge on any atom is -0.508 e. The van der Waals surface area contributed by atoms with Gasteiger partial charge in [0.2, 0.25) is 5.89 Å². The summed E-state index contributed by atoms with van der Waals surface area (Å²) >= 11 is 0. The zero-order chi connectivity index (χ0) is 21.8. The predicted octanol–water partition coefficient (Wildman–Crippen LogP) is 0.698. The second-order valence-electron chi connectivity index (χ2n) is 7.32. The highest BCUT2D eigenvalue weighted by atomic mass is 16.5. The Hall–Kier alpha value is -3.18. The Balaban J connectivity index is 1.83. The molecule has 0 radical (unpaired) electrons. The summed E-state index contributed by atoms with van der Waals surface area (Å²) in [7, 11) is 0. The summed E-state index contributed by atoms with van der Waals surface area (Å²) in [6, 6.07) is 3.33. The summed E-state index contributed by atoms with van der Waals surface area (Å²) in [6.45, 7) is 1.83. The van der Waals surface area contributed by atoms with E-state index in [1.165, 1.54) is 24.0 Å². The summed E-state index contributed by atoms with van der Waals surface area (Å²) in [5.74, 6) is -0.785. The molecule has 0 spiro atoms. The largest absolute Gasteiger partial charge is 0.508 e. The van der Waals surface area contributed by atoms with Gasteiger partial charge in [-0.15, -0.1) is 0 Å². The minimum atomic E-state index is -1.05. The predicted molar refractivity (Wildman–Crippen MR) is 103 cm³/mol. The first-order valence-electron chi connectivity index (χ1n) is 9.61. The number of aliphatic hydroxyl groups excluding tert-OH is 1. The summed E-state index contributed by atoms with van der Waals surface area (Å²) in [6.07, 6.45) is 0.338. The number of nitrogens with two attached hydrogens (primary N) is 1. The Labute approximate surface area is 172 Å². The molecule has 3 rings (SSSR count). The molecular weight excluding hydrogens is 394 g/mol. The van der Waals surface area contributed by atoms with Crippen LogP contribution >= 0.6 is 0 Å². The molecule has 1 aromatic heterocycles. The van der Waals surface area contributed by atoms with Crippen LogP contribution < -0.4 is 11.1 Å². The van der Waals surface area contributed by atoms with Crippen LogP contribution in [0.15, 0.2) is 28.8 Å². The van der Waals surface area contributed by atoms with Crippen LogP contribution in [0.25, 0.3) is 0 Å². The molecule has 4 atom stereocenters. The second kappa shape index (κ2) is 9.09. The number of likely N-dealkylation sites (tertiary alicyclic amines) is 1. The fraction of sp³-hybridized carbons (Fsp3) is 0.474. The van der Waals surface area contributed by atoms with Crippen molar-refractivity contribution in [3.63, 3.8) is 0 Å². The molecule has 2 heterocycles. The molecule has 0 bridgehead atoms. The van der Waals surface area contributed by atoms with Gasteiger partial charge < -0.3 is 35.8 Å². The maximum atomic E-state index is 12.8. The smallest absolute Gasteiger partial charge is 0.326 e. The first kappa shape index (κ1) is 21.5. The Bertz CT molecular complexity index is 884. The average Bonchev–Trinajstić information content (AvgIpc) is 3.38. The number of aromatic hydroxyl groups is 1.